The summed E-state index contributed by atoms with van der Waals surface area (Å²) >= 11 is 0. The van der Waals surface area contributed by atoms with Gasteiger partial charge in [-0.15, -0.1) is 0 Å². The van der Waals surface area contributed by atoms with Gasteiger partial charge in [0.05, 0.1) is 11.0 Å². The van der Waals surface area contributed by atoms with Gasteiger partial charge in [0, 0.05) is 12.8 Å². The Hall–Kier alpha value is -1.36. The van der Waals surface area contributed by atoms with E-state index in [1.165, 1.54) is 38.4 Å². The number of imidazole rings is 1. The van der Waals surface area contributed by atoms with E-state index in [0.29, 0.717) is 5.82 Å². The standard InChI is InChI=1S/C17H24N2O2S/c1-22(20,21)13-17-18-15-10-4-5-11-16(15)19(17)12-6-9-14-7-2-3-8-14/h4-5,10-11,14H,2-3,6-9,12-13H2,1H3. The molecule has 120 valence electrons. The van der Waals surface area contributed by atoms with Crippen LogP contribution >= 0.6 is 0 Å². The molecule has 0 spiro atoms. The molecular weight excluding hydrogens is 296 g/mol. The molecule has 3 rings (SSSR count). The van der Waals surface area contributed by atoms with Crippen molar-refractivity contribution in [1.29, 1.82) is 0 Å². The zero-order valence-electron chi connectivity index (χ0n) is 13.2. The smallest absolute Gasteiger partial charge is 0.154 e. The molecule has 0 N–H and O–H groups in total. The summed E-state index contributed by atoms with van der Waals surface area (Å²) in [6, 6.07) is 7.92. The van der Waals surface area contributed by atoms with Crippen LogP contribution in [0.1, 0.15) is 44.3 Å². The van der Waals surface area contributed by atoms with E-state index < -0.39 is 9.84 Å². The Kier molecular flexibility index (Phi) is 4.52. The van der Waals surface area contributed by atoms with Crippen molar-refractivity contribution in [3.63, 3.8) is 0 Å². The first-order valence-corrected chi connectivity index (χ1v) is 10.2. The Balaban J connectivity index is 1.80. The first-order chi connectivity index (χ1) is 10.5. The second-order valence-corrected chi connectivity index (χ2v) is 8.67. The highest BCUT2D eigenvalue weighted by Gasteiger charge is 2.17. The van der Waals surface area contributed by atoms with E-state index in [9.17, 15) is 8.42 Å². The molecule has 22 heavy (non-hydrogen) atoms. The monoisotopic (exact) mass is 320 g/mol. The number of para-hydroxylation sites is 2. The minimum atomic E-state index is -3.07. The lowest BCUT2D eigenvalue weighted by molar-refractivity contribution is 0.458. The molecule has 0 aliphatic heterocycles. The van der Waals surface area contributed by atoms with E-state index >= 15 is 0 Å². The van der Waals surface area contributed by atoms with Crippen LogP contribution in [0.2, 0.25) is 0 Å². The SMILES string of the molecule is CS(=O)(=O)Cc1nc2ccccc2n1CCCC1CCCC1. The van der Waals surface area contributed by atoms with Gasteiger partial charge >= 0.3 is 0 Å². The summed E-state index contributed by atoms with van der Waals surface area (Å²) in [5.41, 5.74) is 1.94. The van der Waals surface area contributed by atoms with Gasteiger partial charge in [0.25, 0.3) is 0 Å². The van der Waals surface area contributed by atoms with Crippen molar-refractivity contribution in [2.45, 2.75) is 50.8 Å². The normalized spacial score (nSPS) is 16.6. The summed E-state index contributed by atoms with van der Waals surface area (Å²) in [6.45, 7) is 0.863. The van der Waals surface area contributed by atoms with Crippen molar-refractivity contribution >= 4 is 20.9 Å². The number of nitrogens with zero attached hydrogens (tertiary/aromatic N) is 2. The Morgan fingerprint density at radius 3 is 2.68 bits per heavy atom. The van der Waals surface area contributed by atoms with Crippen molar-refractivity contribution in [2.24, 2.45) is 5.92 Å². The number of aryl methyl sites for hydroxylation is 1. The molecule has 1 fully saturated rings. The maximum Gasteiger partial charge on any atom is 0.154 e. The number of aromatic nitrogens is 2. The van der Waals surface area contributed by atoms with Crippen LogP contribution in [0.4, 0.5) is 0 Å². The molecule has 4 nitrogen and oxygen atoms in total. The van der Waals surface area contributed by atoms with Crippen LogP contribution in [-0.2, 0) is 22.1 Å². The molecule has 0 atom stereocenters. The van der Waals surface area contributed by atoms with Crippen LogP contribution in [-0.4, -0.2) is 24.2 Å². The number of benzene rings is 1. The predicted octanol–water partition coefficient (Wildman–Crippen LogP) is 3.55. The van der Waals surface area contributed by atoms with E-state index in [0.717, 1.165) is 29.9 Å². The lowest BCUT2D eigenvalue weighted by Gasteiger charge is -2.11. The van der Waals surface area contributed by atoms with E-state index in [-0.39, 0.29) is 5.75 Å². The molecule has 1 aliphatic carbocycles. The predicted molar refractivity (Wildman–Crippen MR) is 89.5 cm³/mol. The van der Waals surface area contributed by atoms with Gasteiger partial charge in [-0.3, -0.25) is 0 Å². The fourth-order valence-corrected chi connectivity index (χ4v) is 4.25. The zero-order valence-corrected chi connectivity index (χ0v) is 14.0. The van der Waals surface area contributed by atoms with E-state index in [1.54, 1.807) is 0 Å². The van der Waals surface area contributed by atoms with Gasteiger partial charge in [-0.05, 0) is 30.9 Å². The first-order valence-electron chi connectivity index (χ1n) is 8.15. The molecule has 1 aromatic carbocycles. The van der Waals surface area contributed by atoms with E-state index in [2.05, 4.69) is 9.55 Å². The van der Waals surface area contributed by atoms with Gasteiger partial charge < -0.3 is 4.57 Å². The number of sulfone groups is 1. The summed E-state index contributed by atoms with van der Waals surface area (Å²) in [4.78, 5) is 4.53. The summed E-state index contributed by atoms with van der Waals surface area (Å²) < 4.78 is 25.4. The second kappa shape index (κ2) is 6.41. The number of rotatable bonds is 6. The molecule has 1 saturated carbocycles. The Labute approximate surface area is 132 Å². The van der Waals surface area contributed by atoms with Gasteiger partial charge in [-0.25, -0.2) is 13.4 Å². The topological polar surface area (TPSA) is 52.0 Å². The molecule has 2 aromatic rings. The maximum absolute atomic E-state index is 11.7. The maximum atomic E-state index is 11.7. The third-order valence-electron chi connectivity index (χ3n) is 4.59. The minimum Gasteiger partial charge on any atom is -0.327 e. The van der Waals surface area contributed by atoms with Crippen LogP contribution in [0.3, 0.4) is 0 Å². The molecule has 1 aliphatic rings. The van der Waals surface area contributed by atoms with Crippen molar-refractivity contribution in [3.8, 4) is 0 Å². The van der Waals surface area contributed by atoms with Gasteiger partial charge in [-0.2, -0.15) is 0 Å². The largest absolute Gasteiger partial charge is 0.327 e. The highest BCUT2D eigenvalue weighted by Crippen LogP contribution is 2.29. The van der Waals surface area contributed by atoms with Crippen molar-refractivity contribution in [3.05, 3.63) is 30.1 Å². The van der Waals surface area contributed by atoms with Gasteiger partial charge in [-0.1, -0.05) is 37.8 Å². The van der Waals surface area contributed by atoms with Crippen molar-refractivity contribution in [1.82, 2.24) is 9.55 Å². The Bertz CT molecular complexity index is 743. The average Bonchev–Trinajstić information content (AvgIpc) is 3.06. The second-order valence-electron chi connectivity index (χ2n) is 6.53. The van der Waals surface area contributed by atoms with Crippen LogP contribution in [0, 0.1) is 5.92 Å². The zero-order chi connectivity index (χ0) is 15.6. The number of hydrogen-bond donors (Lipinski definition) is 0. The minimum absolute atomic E-state index is 0.0190. The van der Waals surface area contributed by atoms with E-state index in [1.807, 2.05) is 24.3 Å². The Morgan fingerprint density at radius 2 is 1.95 bits per heavy atom. The van der Waals surface area contributed by atoms with Crippen LogP contribution in [0.25, 0.3) is 11.0 Å². The quantitative estimate of drug-likeness (QED) is 0.818. The summed E-state index contributed by atoms with van der Waals surface area (Å²) in [6.07, 6.45) is 9.08. The molecule has 1 heterocycles. The van der Waals surface area contributed by atoms with Gasteiger partial charge in [0.2, 0.25) is 0 Å². The van der Waals surface area contributed by atoms with Crippen LogP contribution in [0.5, 0.6) is 0 Å². The molecule has 0 saturated heterocycles. The molecule has 0 amide bonds. The molecule has 0 unspecified atom stereocenters. The van der Waals surface area contributed by atoms with Crippen LogP contribution in [0.15, 0.2) is 24.3 Å². The molecule has 1 aromatic heterocycles. The number of hydrogen-bond acceptors (Lipinski definition) is 3. The number of fused-ring (bicyclic) bond motifs is 1. The third-order valence-corrected chi connectivity index (χ3v) is 5.38. The summed E-state index contributed by atoms with van der Waals surface area (Å²) in [7, 11) is -3.07. The van der Waals surface area contributed by atoms with Crippen LogP contribution < -0.4 is 0 Å². The lowest BCUT2D eigenvalue weighted by atomic mass is 10.0. The molecule has 0 radical (unpaired) electrons. The van der Waals surface area contributed by atoms with E-state index in [4.69, 9.17) is 0 Å². The average molecular weight is 320 g/mol. The fraction of sp³-hybridized carbons (Fsp3) is 0.588. The third kappa shape index (κ3) is 3.69. The van der Waals surface area contributed by atoms with Gasteiger partial charge in [0.15, 0.2) is 9.84 Å². The highest BCUT2D eigenvalue weighted by atomic mass is 32.2. The molecule has 5 heteroatoms. The van der Waals surface area contributed by atoms with Gasteiger partial charge in [0.1, 0.15) is 11.6 Å². The fourth-order valence-electron chi connectivity index (χ4n) is 3.56. The van der Waals surface area contributed by atoms with Crippen molar-refractivity contribution < 1.29 is 8.42 Å². The summed E-state index contributed by atoms with van der Waals surface area (Å²) in [5, 5.41) is 0. The molecular formula is C17H24N2O2S. The summed E-state index contributed by atoms with van der Waals surface area (Å²) in [5.74, 6) is 1.56. The Morgan fingerprint density at radius 1 is 1.23 bits per heavy atom. The molecule has 0 bridgehead atoms. The van der Waals surface area contributed by atoms with Crippen molar-refractivity contribution in [2.75, 3.05) is 6.26 Å². The highest BCUT2D eigenvalue weighted by molar-refractivity contribution is 7.89. The lowest BCUT2D eigenvalue weighted by Crippen LogP contribution is -2.10. The first kappa shape index (κ1) is 15.5.